The summed E-state index contributed by atoms with van der Waals surface area (Å²) in [5.41, 5.74) is 9.40. The zero-order valence-electron chi connectivity index (χ0n) is 28.1. The van der Waals surface area contributed by atoms with Crippen molar-refractivity contribution in [2.45, 2.75) is 12.8 Å². The predicted octanol–water partition coefficient (Wildman–Crippen LogP) is 12.1. The fourth-order valence-electron chi connectivity index (χ4n) is 7.51. The molecule has 0 spiro atoms. The molecule has 0 atom stereocenters. The average molecular weight is 639 g/mol. The van der Waals surface area contributed by atoms with Crippen molar-refractivity contribution in [3.63, 3.8) is 0 Å². The van der Waals surface area contributed by atoms with Gasteiger partial charge in [0.15, 0.2) is 0 Å². The van der Waals surface area contributed by atoms with Crippen LogP contribution in [0.4, 0.5) is 0 Å². The predicted molar refractivity (Wildman–Crippen MR) is 218 cm³/mol. The molecule has 0 bridgehead atoms. The number of benzene rings is 6. The quantitative estimate of drug-likeness (QED) is 0.159. The highest BCUT2D eigenvalue weighted by molar-refractivity contribution is 6.05. The van der Waals surface area contributed by atoms with Crippen molar-refractivity contribution in [3.8, 4) is 22.3 Å². The number of allylic oxidation sites excluding steroid dienone is 4. The minimum Gasteiger partial charge on any atom is -0.0991 e. The Morgan fingerprint density at radius 3 is 1.92 bits per heavy atom. The van der Waals surface area contributed by atoms with Crippen LogP contribution < -0.4 is 10.4 Å². The van der Waals surface area contributed by atoms with Crippen molar-refractivity contribution in [3.05, 3.63) is 211 Å². The number of fused-ring (bicyclic) bond motifs is 4. The van der Waals surface area contributed by atoms with Crippen LogP contribution in [0.15, 0.2) is 189 Å². The molecule has 0 heteroatoms. The number of hydrogen-bond acceptors (Lipinski definition) is 0. The van der Waals surface area contributed by atoms with Crippen LogP contribution in [0.25, 0.3) is 71.8 Å². The van der Waals surface area contributed by atoms with Crippen LogP contribution in [0.5, 0.6) is 0 Å². The van der Waals surface area contributed by atoms with Gasteiger partial charge in [-0.2, -0.15) is 0 Å². The summed E-state index contributed by atoms with van der Waals surface area (Å²) in [5.74, 6) is 0. The van der Waals surface area contributed by atoms with Crippen molar-refractivity contribution in [1.82, 2.24) is 0 Å². The lowest BCUT2D eigenvalue weighted by atomic mass is 9.88. The maximum absolute atomic E-state index is 4.60. The third-order valence-electron chi connectivity index (χ3n) is 9.92. The van der Waals surface area contributed by atoms with Gasteiger partial charge in [0.1, 0.15) is 0 Å². The summed E-state index contributed by atoms with van der Waals surface area (Å²) in [6.07, 6.45) is 10.2. The van der Waals surface area contributed by atoms with Gasteiger partial charge in [0.25, 0.3) is 0 Å². The van der Waals surface area contributed by atoms with E-state index >= 15 is 0 Å². The van der Waals surface area contributed by atoms with Gasteiger partial charge < -0.3 is 0 Å². The van der Waals surface area contributed by atoms with E-state index in [4.69, 9.17) is 0 Å². The SMILES string of the molecule is C=C/C=C\C(=C)c1cccc(-c2cccc3ccccc23)ccc(C2=c3ccccc3=CCC2)c2ccc(-c3cccc4ccccc34)cc12. The second kappa shape index (κ2) is 13.7. The highest BCUT2D eigenvalue weighted by Gasteiger charge is 2.14. The average Bonchev–Trinajstić information content (AvgIpc) is 3.17. The summed E-state index contributed by atoms with van der Waals surface area (Å²) in [6.45, 7) is 8.55. The zero-order chi connectivity index (χ0) is 33.9. The van der Waals surface area contributed by atoms with Gasteiger partial charge in [0.2, 0.25) is 0 Å². The Labute approximate surface area is 294 Å². The maximum Gasteiger partial charge on any atom is -0.00933 e. The summed E-state index contributed by atoms with van der Waals surface area (Å²) in [4.78, 5) is 0. The maximum atomic E-state index is 4.60. The molecule has 0 heterocycles. The fourth-order valence-corrected chi connectivity index (χ4v) is 7.51. The number of hydrogen-bond donors (Lipinski definition) is 0. The molecule has 7 aromatic rings. The van der Waals surface area contributed by atoms with Gasteiger partial charge in [-0.1, -0.05) is 189 Å². The zero-order valence-corrected chi connectivity index (χ0v) is 28.1. The molecule has 0 aromatic heterocycles. The first kappa shape index (κ1) is 31.1. The Morgan fingerprint density at radius 2 is 1.16 bits per heavy atom. The van der Waals surface area contributed by atoms with E-state index < -0.39 is 0 Å². The highest BCUT2D eigenvalue weighted by atomic mass is 14.2. The van der Waals surface area contributed by atoms with Crippen molar-refractivity contribution < 1.29 is 0 Å². The molecular weight excluding hydrogens is 601 g/mol. The molecule has 50 heavy (non-hydrogen) atoms. The third kappa shape index (κ3) is 5.87. The smallest absolute Gasteiger partial charge is 0.00933 e. The molecule has 0 N–H and O–H groups in total. The molecule has 238 valence electrons. The van der Waals surface area contributed by atoms with Gasteiger partial charge in [-0.15, -0.1) is 0 Å². The van der Waals surface area contributed by atoms with Crippen molar-refractivity contribution in [2.24, 2.45) is 0 Å². The minimum absolute atomic E-state index is 0.934. The Bertz CT molecular complexity index is 2670. The lowest BCUT2D eigenvalue weighted by Crippen LogP contribution is -2.29. The van der Waals surface area contributed by atoms with E-state index in [2.05, 4.69) is 183 Å². The van der Waals surface area contributed by atoms with E-state index in [0.717, 1.165) is 34.9 Å². The molecule has 0 radical (unpaired) electrons. The Balaban J connectivity index is 1.52. The van der Waals surface area contributed by atoms with Gasteiger partial charge in [-0.3, -0.25) is 0 Å². The Morgan fingerprint density at radius 1 is 0.520 bits per heavy atom. The van der Waals surface area contributed by atoms with E-state index in [1.54, 1.807) is 0 Å². The van der Waals surface area contributed by atoms with E-state index in [0.29, 0.717) is 0 Å². The van der Waals surface area contributed by atoms with Crippen LogP contribution in [0.3, 0.4) is 0 Å². The molecule has 7 aromatic carbocycles. The second-order valence-electron chi connectivity index (χ2n) is 12.9. The van der Waals surface area contributed by atoms with Gasteiger partial charge in [-0.05, 0) is 106 Å². The molecule has 0 saturated carbocycles. The van der Waals surface area contributed by atoms with Gasteiger partial charge in [-0.25, -0.2) is 0 Å². The summed E-state index contributed by atoms with van der Waals surface area (Å²) in [7, 11) is 0. The van der Waals surface area contributed by atoms with Crippen molar-refractivity contribution in [2.75, 3.05) is 0 Å². The van der Waals surface area contributed by atoms with Crippen LogP contribution >= 0.6 is 0 Å². The topological polar surface area (TPSA) is 0 Å². The third-order valence-corrected chi connectivity index (χ3v) is 9.92. The lowest BCUT2D eigenvalue weighted by molar-refractivity contribution is 1.08. The van der Waals surface area contributed by atoms with Crippen molar-refractivity contribution >= 4 is 49.5 Å². The van der Waals surface area contributed by atoms with E-state index in [9.17, 15) is 0 Å². The Kier molecular flexibility index (Phi) is 8.51. The summed E-state index contributed by atoms with van der Waals surface area (Å²) in [6, 6.07) is 57.6. The first-order valence-electron chi connectivity index (χ1n) is 17.4. The van der Waals surface area contributed by atoms with Crippen LogP contribution in [0.2, 0.25) is 0 Å². The molecular formula is C50H38. The summed E-state index contributed by atoms with van der Waals surface area (Å²) >= 11 is 0. The molecule has 1 aliphatic carbocycles. The monoisotopic (exact) mass is 638 g/mol. The summed E-state index contributed by atoms with van der Waals surface area (Å²) in [5, 5.41) is 9.92. The molecule has 8 rings (SSSR count). The standard InChI is InChI=1S/C50H38/c1-3-4-15-35(2)41-26-11-22-39(44-27-12-19-36-16-5-8-23-42(36)44)30-32-48(47-29-14-21-38-18-7-10-25-45(38)47)49-33-31-40(34-50(41)49)46-28-13-20-37-17-6-9-24-43(37)46/h3-13,15-28,30-34H,1-2,14,29H2/b15-4-,22-11?,26-11?,32-30?,39-22?,39-30?,41-26?,48-32?,49-48?,50-41?. The first-order valence-corrected chi connectivity index (χ1v) is 17.4. The first-order chi connectivity index (χ1) is 24.7. The normalized spacial score (nSPS) is 12.4. The molecule has 0 nitrogen and oxygen atoms in total. The van der Waals surface area contributed by atoms with Crippen LogP contribution in [0.1, 0.15) is 24.0 Å². The summed E-state index contributed by atoms with van der Waals surface area (Å²) < 4.78 is 0. The van der Waals surface area contributed by atoms with E-state index in [-0.39, 0.29) is 0 Å². The van der Waals surface area contributed by atoms with Crippen LogP contribution in [-0.4, -0.2) is 0 Å². The lowest BCUT2D eigenvalue weighted by Gasteiger charge is -2.16. The second-order valence-corrected chi connectivity index (χ2v) is 12.9. The van der Waals surface area contributed by atoms with Gasteiger partial charge in [0, 0.05) is 0 Å². The van der Waals surface area contributed by atoms with Gasteiger partial charge >= 0.3 is 0 Å². The highest BCUT2D eigenvalue weighted by Crippen LogP contribution is 2.36. The molecule has 0 amide bonds. The molecule has 0 aliphatic heterocycles. The fraction of sp³-hybridized carbons (Fsp3) is 0.0400. The van der Waals surface area contributed by atoms with Crippen molar-refractivity contribution in [1.29, 1.82) is 0 Å². The van der Waals surface area contributed by atoms with Gasteiger partial charge in [0.05, 0.1) is 0 Å². The Hall–Kier alpha value is -6.24. The van der Waals surface area contributed by atoms with E-state index in [1.807, 2.05) is 12.2 Å². The van der Waals surface area contributed by atoms with E-state index in [1.165, 1.54) is 65.2 Å². The largest absolute Gasteiger partial charge is 0.0991 e. The van der Waals surface area contributed by atoms with Crippen LogP contribution in [-0.2, 0) is 0 Å². The van der Waals surface area contributed by atoms with Crippen LogP contribution in [0, 0.1) is 0 Å². The molecule has 0 fully saturated rings. The number of rotatable bonds is 6. The molecule has 0 unspecified atom stereocenters. The minimum atomic E-state index is 0.934. The molecule has 1 aliphatic rings. The molecule has 0 saturated heterocycles.